The van der Waals surface area contributed by atoms with E-state index in [4.69, 9.17) is 9.84 Å². The zero-order valence-electron chi connectivity index (χ0n) is 9.48. The van der Waals surface area contributed by atoms with Crippen LogP contribution < -0.4 is 0 Å². The second-order valence-corrected chi connectivity index (χ2v) is 4.09. The molecule has 16 heavy (non-hydrogen) atoms. The summed E-state index contributed by atoms with van der Waals surface area (Å²) >= 11 is 0. The summed E-state index contributed by atoms with van der Waals surface area (Å²) in [6.45, 7) is 2.81. The van der Waals surface area contributed by atoms with Crippen molar-refractivity contribution in [3.8, 4) is 0 Å². The van der Waals surface area contributed by atoms with Crippen molar-refractivity contribution in [2.24, 2.45) is 0 Å². The van der Waals surface area contributed by atoms with Gasteiger partial charge in [0, 0.05) is 18.6 Å². The van der Waals surface area contributed by atoms with Crippen molar-refractivity contribution in [1.29, 1.82) is 0 Å². The molecule has 0 aliphatic heterocycles. The van der Waals surface area contributed by atoms with E-state index in [1.54, 1.807) is 18.2 Å². The third kappa shape index (κ3) is 3.89. The van der Waals surface area contributed by atoms with Gasteiger partial charge in [0.15, 0.2) is 5.79 Å². The fraction of sp³-hybridized carbons (Fsp3) is 0.500. The van der Waals surface area contributed by atoms with Crippen molar-refractivity contribution in [3.05, 3.63) is 35.6 Å². The highest BCUT2D eigenvalue weighted by Gasteiger charge is 2.23. The van der Waals surface area contributed by atoms with Gasteiger partial charge in [-0.2, -0.15) is 0 Å². The van der Waals surface area contributed by atoms with Crippen molar-refractivity contribution >= 4 is 0 Å². The van der Waals surface area contributed by atoms with Gasteiger partial charge in [0.2, 0.25) is 0 Å². The normalized spacial score (nSPS) is 13.8. The summed E-state index contributed by atoms with van der Waals surface area (Å²) in [5.41, 5.74) is 0.346. The van der Waals surface area contributed by atoms with Crippen LogP contribution in [0.5, 0.6) is 0 Å². The molecule has 3 nitrogen and oxygen atoms in total. The van der Waals surface area contributed by atoms with Crippen molar-refractivity contribution in [2.75, 3.05) is 6.61 Å². The number of hydrogen-bond donors (Lipinski definition) is 2. The van der Waals surface area contributed by atoms with Crippen LogP contribution in [0.2, 0.25) is 0 Å². The lowest BCUT2D eigenvalue weighted by Gasteiger charge is -2.26. The lowest BCUT2D eigenvalue weighted by molar-refractivity contribution is -0.210. The molecule has 0 spiro atoms. The summed E-state index contributed by atoms with van der Waals surface area (Å²) in [5, 5.41) is 18.4. The van der Waals surface area contributed by atoms with Gasteiger partial charge in [-0.3, -0.25) is 0 Å². The van der Waals surface area contributed by atoms with Crippen molar-refractivity contribution in [2.45, 2.75) is 32.2 Å². The first-order valence-electron chi connectivity index (χ1n) is 5.19. The van der Waals surface area contributed by atoms with Crippen LogP contribution in [0.4, 0.5) is 4.39 Å². The Kier molecular flexibility index (Phi) is 4.41. The summed E-state index contributed by atoms with van der Waals surface area (Å²) in [5.74, 6) is -1.76. The molecule has 0 aromatic heterocycles. The quantitative estimate of drug-likeness (QED) is 0.758. The Hall–Kier alpha value is -0.970. The maximum Gasteiger partial charge on any atom is 0.160 e. The van der Waals surface area contributed by atoms with Crippen molar-refractivity contribution in [1.82, 2.24) is 0 Å². The van der Waals surface area contributed by atoms with E-state index < -0.39 is 17.7 Å². The molecule has 4 heteroatoms. The lowest BCUT2D eigenvalue weighted by Crippen LogP contribution is -2.27. The molecule has 0 fully saturated rings. The first-order chi connectivity index (χ1) is 7.44. The Bertz CT molecular complexity index is 333. The Labute approximate surface area is 94.5 Å². The molecule has 0 saturated heterocycles. The van der Waals surface area contributed by atoms with E-state index in [0.717, 1.165) is 0 Å². The number of rotatable bonds is 5. The minimum Gasteiger partial charge on any atom is -0.396 e. The Morgan fingerprint density at radius 1 is 1.38 bits per heavy atom. The maximum absolute atomic E-state index is 13.5. The summed E-state index contributed by atoms with van der Waals surface area (Å²) in [4.78, 5) is 0. The molecule has 0 radical (unpaired) electrons. The third-order valence-corrected chi connectivity index (χ3v) is 2.07. The largest absolute Gasteiger partial charge is 0.396 e. The summed E-state index contributed by atoms with van der Waals surface area (Å²) in [7, 11) is 0. The molecule has 90 valence electrons. The van der Waals surface area contributed by atoms with E-state index in [-0.39, 0.29) is 13.0 Å². The maximum atomic E-state index is 13.5. The van der Waals surface area contributed by atoms with Crippen LogP contribution in [0.1, 0.15) is 31.9 Å². The molecule has 1 aromatic carbocycles. The molecule has 1 rings (SSSR count). The number of ether oxygens (including phenoxy) is 1. The predicted molar refractivity (Wildman–Crippen MR) is 58.2 cm³/mol. The summed E-state index contributed by atoms with van der Waals surface area (Å²) < 4.78 is 18.8. The van der Waals surface area contributed by atoms with Crippen LogP contribution in [0, 0.1) is 5.82 Å². The number of benzene rings is 1. The fourth-order valence-corrected chi connectivity index (χ4v) is 1.48. The second-order valence-electron chi connectivity index (χ2n) is 4.09. The van der Waals surface area contributed by atoms with Crippen LogP contribution in [0.3, 0.4) is 0 Å². The molecular weight excluding hydrogens is 211 g/mol. The highest BCUT2D eigenvalue weighted by Crippen LogP contribution is 2.27. The van der Waals surface area contributed by atoms with Gasteiger partial charge in [-0.05, 0) is 19.9 Å². The smallest absolute Gasteiger partial charge is 0.160 e. The van der Waals surface area contributed by atoms with Crippen LogP contribution in [-0.2, 0) is 4.74 Å². The van der Waals surface area contributed by atoms with Crippen LogP contribution in [0.25, 0.3) is 0 Å². The van der Waals surface area contributed by atoms with Crippen molar-refractivity contribution in [3.63, 3.8) is 0 Å². The average molecular weight is 228 g/mol. The zero-order chi connectivity index (χ0) is 12.2. The average Bonchev–Trinajstić information content (AvgIpc) is 2.16. The van der Waals surface area contributed by atoms with Gasteiger partial charge in [-0.25, -0.2) is 4.39 Å². The molecule has 0 heterocycles. The summed E-state index contributed by atoms with van der Waals surface area (Å²) in [6.07, 6.45) is -0.406. The molecule has 0 unspecified atom stereocenters. The van der Waals surface area contributed by atoms with E-state index in [1.165, 1.54) is 19.9 Å². The second kappa shape index (κ2) is 5.39. The monoisotopic (exact) mass is 228 g/mol. The van der Waals surface area contributed by atoms with E-state index in [0.29, 0.717) is 5.56 Å². The number of hydrogen-bond acceptors (Lipinski definition) is 3. The van der Waals surface area contributed by atoms with Crippen LogP contribution in [-0.4, -0.2) is 22.6 Å². The van der Waals surface area contributed by atoms with Crippen molar-refractivity contribution < 1.29 is 19.3 Å². The van der Waals surface area contributed by atoms with Gasteiger partial charge in [0.1, 0.15) is 5.82 Å². The first kappa shape index (κ1) is 13.1. The molecule has 0 saturated carbocycles. The highest BCUT2D eigenvalue weighted by molar-refractivity contribution is 5.20. The molecule has 2 N–H and O–H groups in total. The van der Waals surface area contributed by atoms with Gasteiger partial charge in [-0.15, -0.1) is 0 Å². The SMILES string of the molecule is CC(C)(O)O[C@H](CCO)c1ccccc1F. The molecule has 1 aromatic rings. The molecular formula is C12H17FO3. The Morgan fingerprint density at radius 3 is 2.50 bits per heavy atom. The zero-order valence-corrected chi connectivity index (χ0v) is 9.48. The third-order valence-electron chi connectivity index (χ3n) is 2.07. The first-order valence-corrected chi connectivity index (χ1v) is 5.19. The van der Waals surface area contributed by atoms with Gasteiger partial charge in [0.05, 0.1) is 6.10 Å². The van der Waals surface area contributed by atoms with E-state index in [2.05, 4.69) is 0 Å². The lowest BCUT2D eigenvalue weighted by atomic mass is 10.1. The minimum atomic E-state index is -1.36. The van der Waals surface area contributed by atoms with E-state index in [9.17, 15) is 9.50 Å². The number of aliphatic hydroxyl groups is 2. The standard InChI is InChI=1S/C12H17FO3/c1-12(2,15)16-11(7-8-14)9-5-3-4-6-10(9)13/h3-6,11,14-15H,7-8H2,1-2H3/t11-/m1/s1. The highest BCUT2D eigenvalue weighted by atomic mass is 19.1. The van der Waals surface area contributed by atoms with Gasteiger partial charge in [0.25, 0.3) is 0 Å². The van der Waals surface area contributed by atoms with Crippen LogP contribution >= 0.6 is 0 Å². The number of aliphatic hydroxyl groups excluding tert-OH is 1. The minimum absolute atomic E-state index is 0.130. The van der Waals surface area contributed by atoms with E-state index in [1.807, 2.05) is 0 Å². The van der Waals surface area contributed by atoms with Crippen LogP contribution in [0.15, 0.2) is 24.3 Å². The Balaban J connectivity index is 2.89. The molecule has 0 aliphatic rings. The topological polar surface area (TPSA) is 49.7 Å². The molecule has 1 atom stereocenters. The van der Waals surface area contributed by atoms with Gasteiger partial charge in [-0.1, -0.05) is 18.2 Å². The predicted octanol–water partition coefficient (Wildman–Crippen LogP) is 1.99. The summed E-state index contributed by atoms with van der Waals surface area (Å²) in [6, 6.07) is 6.18. The fourth-order valence-electron chi connectivity index (χ4n) is 1.48. The van der Waals surface area contributed by atoms with Gasteiger partial charge < -0.3 is 14.9 Å². The number of halogens is 1. The van der Waals surface area contributed by atoms with E-state index >= 15 is 0 Å². The molecule has 0 amide bonds. The molecule has 0 bridgehead atoms. The van der Waals surface area contributed by atoms with Gasteiger partial charge >= 0.3 is 0 Å². The molecule has 0 aliphatic carbocycles. The Morgan fingerprint density at radius 2 is 2.00 bits per heavy atom.